The average molecular weight is 477 g/mol. The van der Waals surface area contributed by atoms with Crippen LogP contribution < -0.4 is 15.8 Å². The number of benzene rings is 2. The summed E-state index contributed by atoms with van der Waals surface area (Å²) in [7, 11) is 0. The summed E-state index contributed by atoms with van der Waals surface area (Å²) >= 11 is 1.40. The number of para-hydroxylation sites is 1. The van der Waals surface area contributed by atoms with Crippen molar-refractivity contribution in [2.45, 2.75) is 25.8 Å². The Morgan fingerprint density at radius 1 is 1.09 bits per heavy atom. The fraction of sp³-hybridized carbons (Fsp3) is 0.269. The molecular formula is C26H25FN4O2S. The molecule has 1 saturated heterocycles. The minimum Gasteiger partial charge on any atom is -0.349 e. The molecule has 1 atom stereocenters. The molecule has 2 aromatic carbocycles. The number of amides is 1. The van der Waals surface area contributed by atoms with Gasteiger partial charge >= 0.3 is 0 Å². The number of anilines is 1. The van der Waals surface area contributed by atoms with Gasteiger partial charge in [0.25, 0.3) is 5.56 Å². The normalized spacial score (nSPS) is 15.4. The number of rotatable bonds is 5. The summed E-state index contributed by atoms with van der Waals surface area (Å²) in [6.07, 6.45) is 1.32. The van der Waals surface area contributed by atoms with Crippen molar-refractivity contribution >= 4 is 33.4 Å². The number of hydrogen-bond donors (Lipinski definition) is 1. The van der Waals surface area contributed by atoms with Gasteiger partial charge < -0.3 is 10.2 Å². The van der Waals surface area contributed by atoms with Gasteiger partial charge in [0.1, 0.15) is 10.5 Å². The number of piperidine rings is 1. The third-order valence-corrected chi connectivity index (χ3v) is 7.25. The van der Waals surface area contributed by atoms with Crippen LogP contribution >= 0.6 is 11.3 Å². The number of halogens is 1. The first-order valence-electron chi connectivity index (χ1n) is 11.4. The van der Waals surface area contributed by atoms with Crippen LogP contribution in [0.1, 0.15) is 31.4 Å². The van der Waals surface area contributed by atoms with Crippen molar-refractivity contribution in [1.82, 2.24) is 14.9 Å². The Kier molecular flexibility index (Phi) is 6.15. The molecule has 0 unspecified atom stereocenters. The van der Waals surface area contributed by atoms with E-state index in [4.69, 9.17) is 4.98 Å². The van der Waals surface area contributed by atoms with Crippen LogP contribution in [0.2, 0.25) is 0 Å². The van der Waals surface area contributed by atoms with E-state index < -0.39 is 0 Å². The fourth-order valence-electron chi connectivity index (χ4n) is 4.43. The van der Waals surface area contributed by atoms with Crippen molar-refractivity contribution in [2.24, 2.45) is 5.92 Å². The van der Waals surface area contributed by atoms with Crippen LogP contribution in [0, 0.1) is 11.7 Å². The molecule has 0 aliphatic carbocycles. The van der Waals surface area contributed by atoms with Crippen LogP contribution in [0.15, 0.2) is 70.8 Å². The smallest absolute Gasteiger partial charge is 0.277 e. The van der Waals surface area contributed by atoms with E-state index >= 15 is 0 Å². The molecule has 1 amide bonds. The molecule has 34 heavy (non-hydrogen) atoms. The van der Waals surface area contributed by atoms with Gasteiger partial charge in [0.2, 0.25) is 11.9 Å². The van der Waals surface area contributed by atoms with Crippen molar-refractivity contribution < 1.29 is 9.18 Å². The molecule has 1 aliphatic rings. The zero-order chi connectivity index (χ0) is 23.7. The molecule has 1 fully saturated rings. The standard InChI is InChI=1S/C26H25FN4O2S/c1-17(18-7-9-20(27)10-8-18)28-24(32)19-11-14-30(15-12-19)26-29-22-13-16-34-23(22)25(33)31(26)21-5-3-2-4-6-21/h2-10,13,16-17,19H,11-12,14-15H2,1H3,(H,28,32)/t17-/m1/s1. The first kappa shape index (κ1) is 22.3. The van der Waals surface area contributed by atoms with Gasteiger partial charge in [-0.05, 0) is 61.0 Å². The number of nitrogens with one attached hydrogen (secondary N) is 1. The van der Waals surface area contributed by atoms with Gasteiger partial charge in [-0.2, -0.15) is 0 Å². The predicted octanol–water partition coefficient (Wildman–Crippen LogP) is 4.68. The summed E-state index contributed by atoms with van der Waals surface area (Å²) in [6, 6.07) is 17.4. The maximum atomic E-state index is 13.3. The van der Waals surface area contributed by atoms with E-state index in [1.807, 2.05) is 48.7 Å². The lowest BCUT2D eigenvalue weighted by Gasteiger charge is -2.33. The zero-order valence-corrected chi connectivity index (χ0v) is 19.6. The Balaban J connectivity index is 1.34. The first-order valence-corrected chi connectivity index (χ1v) is 12.3. The number of carbonyl (C=O) groups is 1. The monoisotopic (exact) mass is 476 g/mol. The topological polar surface area (TPSA) is 67.2 Å². The van der Waals surface area contributed by atoms with Gasteiger partial charge in [-0.3, -0.25) is 9.59 Å². The van der Waals surface area contributed by atoms with E-state index in [1.54, 1.807) is 16.7 Å². The Morgan fingerprint density at radius 3 is 2.50 bits per heavy atom. The summed E-state index contributed by atoms with van der Waals surface area (Å²) in [6.45, 7) is 3.15. The number of hydrogen-bond acceptors (Lipinski definition) is 5. The van der Waals surface area contributed by atoms with Crippen molar-refractivity contribution in [1.29, 1.82) is 0 Å². The lowest BCUT2D eigenvalue weighted by atomic mass is 9.95. The average Bonchev–Trinajstić information content (AvgIpc) is 3.34. The molecule has 0 bridgehead atoms. The highest BCUT2D eigenvalue weighted by molar-refractivity contribution is 7.17. The van der Waals surface area contributed by atoms with Crippen LogP contribution in [0.25, 0.3) is 15.9 Å². The van der Waals surface area contributed by atoms with Crippen LogP contribution in [0.5, 0.6) is 0 Å². The van der Waals surface area contributed by atoms with Gasteiger partial charge in [0, 0.05) is 19.0 Å². The molecule has 3 heterocycles. The maximum absolute atomic E-state index is 13.3. The van der Waals surface area contributed by atoms with E-state index in [0.717, 1.165) is 11.3 Å². The number of aromatic nitrogens is 2. The van der Waals surface area contributed by atoms with Crippen molar-refractivity contribution in [3.63, 3.8) is 0 Å². The summed E-state index contributed by atoms with van der Waals surface area (Å²) < 4.78 is 15.5. The maximum Gasteiger partial charge on any atom is 0.277 e. The number of nitrogens with zero attached hydrogens (tertiary/aromatic N) is 3. The molecule has 0 spiro atoms. The Labute approximate surface area is 200 Å². The predicted molar refractivity (Wildman–Crippen MR) is 133 cm³/mol. The minimum absolute atomic E-state index is 0.00169. The number of fused-ring (bicyclic) bond motifs is 1. The van der Waals surface area contributed by atoms with Crippen LogP contribution in [-0.4, -0.2) is 28.5 Å². The van der Waals surface area contributed by atoms with Crippen molar-refractivity contribution in [3.8, 4) is 5.69 Å². The van der Waals surface area contributed by atoms with Crippen LogP contribution in [0.4, 0.5) is 10.3 Å². The molecular weight excluding hydrogens is 451 g/mol. The highest BCUT2D eigenvalue weighted by Gasteiger charge is 2.29. The zero-order valence-electron chi connectivity index (χ0n) is 18.8. The van der Waals surface area contributed by atoms with Gasteiger partial charge in [-0.1, -0.05) is 30.3 Å². The lowest BCUT2D eigenvalue weighted by molar-refractivity contribution is -0.126. The molecule has 8 heteroatoms. The van der Waals surface area contributed by atoms with Crippen LogP contribution in [0.3, 0.4) is 0 Å². The molecule has 1 N–H and O–H groups in total. The van der Waals surface area contributed by atoms with E-state index in [9.17, 15) is 14.0 Å². The molecule has 4 aromatic rings. The Bertz CT molecular complexity index is 1360. The van der Waals surface area contributed by atoms with Crippen molar-refractivity contribution in [2.75, 3.05) is 18.0 Å². The Morgan fingerprint density at radius 2 is 1.79 bits per heavy atom. The molecule has 0 saturated carbocycles. The van der Waals surface area contributed by atoms with Gasteiger partial charge in [-0.15, -0.1) is 11.3 Å². The number of thiophene rings is 1. The van der Waals surface area contributed by atoms with Crippen molar-refractivity contribution in [3.05, 3.63) is 87.8 Å². The summed E-state index contributed by atoms with van der Waals surface area (Å²) in [5.74, 6) is 0.192. The molecule has 174 valence electrons. The third-order valence-electron chi connectivity index (χ3n) is 6.35. The molecule has 2 aromatic heterocycles. The quantitative estimate of drug-likeness (QED) is 0.454. The second-order valence-corrected chi connectivity index (χ2v) is 9.48. The second kappa shape index (κ2) is 9.38. The lowest BCUT2D eigenvalue weighted by Crippen LogP contribution is -2.43. The number of carbonyl (C=O) groups excluding carboxylic acids is 1. The molecule has 5 rings (SSSR count). The van der Waals surface area contributed by atoms with E-state index in [-0.39, 0.29) is 29.2 Å². The molecule has 0 radical (unpaired) electrons. The third kappa shape index (κ3) is 4.33. The molecule has 6 nitrogen and oxygen atoms in total. The SMILES string of the molecule is C[C@@H](NC(=O)C1CCN(c2nc3ccsc3c(=O)n2-c2ccccc2)CC1)c1ccc(F)cc1. The summed E-state index contributed by atoms with van der Waals surface area (Å²) in [5, 5.41) is 4.94. The van der Waals surface area contributed by atoms with E-state index in [2.05, 4.69) is 10.2 Å². The van der Waals surface area contributed by atoms with Crippen LogP contribution in [-0.2, 0) is 4.79 Å². The van der Waals surface area contributed by atoms with E-state index in [1.165, 1.54) is 23.5 Å². The Hall–Kier alpha value is -3.52. The van der Waals surface area contributed by atoms with Gasteiger partial charge in [0.15, 0.2) is 0 Å². The first-order chi connectivity index (χ1) is 16.5. The minimum atomic E-state index is -0.294. The van der Waals surface area contributed by atoms with E-state index in [0.29, 0.717) is 42.1 Å². The fourth-order valence-corrected chi connectivity index (χ4v) is 5.19. The highest BCUT2D eigenvalue weighted by atomic mass is 32.1. The highest BCUT2D eigenvalue weighted by Crippen LogP contribution is 2.27. The second-order valence-electron chi connectivity index (χ2n) is 8.57. The summed E-state index contributed by atoms with van der Waals surface area (Å²) in [4.78, 5) is 33.1. The summed E-state index contributed by atoms with van der Waals surface area (Å²) in [5.41, 5.74) is 2.27. The van der Waals surface area contributed by atoms with Gasteiger partial charge in [0.05, 0.1) is 17.2 Å². The molecule has 1 aliphatic heterocycles. The van der Waals surface area contributed by atoms with Gasteiger partial charge in [-0.25, -0.2) is 13.9 Å². The largest absolute Gasteiger partial charge is 0.349 e.